The summed E-state index contributed by atoms with van der Waals surface area (Å²) in [7, 11) is 0. The number of carbonyl (C=O) groups is 1. The minimum absolute atomic E-state index is 0.0973. The van der Waals surface area contributed by atoms with Crippen molar-refractivity contribution in [2.75, 3.05) is 11.9 Å². The van der Waals surface area contributed by atoms with Gasteiger partial charge < -0.3 is 9.67 Å². The van der Waals surface area contributed by atoms with Crippen LogP contribution < -0.4 is 5.32 Å². The van der Waals surface area contributed by atoms with E-state index in [2.05, 4.69) is 14.9 Å². The number of amides is 1. The van der Waals surface area contributed by atoms with Crippen LogP contribution in [0.15, 0.2) is 24.5 Å². The van der Waals surface area contributed by atoms with Crippen LogP contribution in [0.3, 0.4) is 0 Å². The van der Waals surface area contributed by atoms with Crippen LogP contribution in [-0.2, 0) is 6.42 Å². The standard InChI is InChI=1S/C15H19N3O2S/c19-9-7-12-10-16-15(21-12)17-14(20)13-6-3-8-18(13)11-4-1-2-5-11/h3,6,8,10-11,19H,1-2,4-5,7,9H2,(H,16,17,20). The van der Waals surface area contributed by atoms with E-state index in [1.807, 2.05) is 18.3 Å². The van der Waals surface area contributed by atoms with Crippen molar-refractivity contribution in [1.29, 1.82) is 0 Å². The van der Waals surface area contributed by atoms with Gasteiger partial charge in [0, 0.05) is 36.3 Å². The number of aliphatic hydroxyl groups is 1. The minimum atomic E-state index is -0.114. The molecule has 112 valence electrons. The van der Waals surface area contributed by atoms with E-state index in [4.69, 9.17) is 5.11 Å². The van der Waals surface area contributed by atoms with Crippen molar-refractivity contribution in [3.63, 3.8) is 0 Å². The molecule has 0 unspecified atom stereocenters. The quantitative estimate of drug-likeness (QED) is 0.892. The van der Waals surface area contributed by atoms with Crippen molar-refractivity contribution in [2.24, 2.45) is 0 Å². The Morgan fingerprint density at radius 2 is 2.29 bits per heavy atom. The summed E-state index contributed by atoms with van der Waals surface area (Å²) in [4.78, 5) is 17.6. The lowest BCUT2D eigenvalue weighted by molar-refractivity contribution is 0.101. The van der Waals surface area contributed by atoms with E-state index in [-0.39, 0.29) is 12.5 Å². The Labute approximate surface area is 127 Å². The van der Waals surface area contributed by atoms with Crippen molar-refractivity contribution in [2.45, 2.75) is 38.1 Å². The highest BCUT2D eigenvalue weighted by Crippen LogP contribution is 2.31. The molecule has 0 aromatic carbocycles. The highest BCUT2D eigenvalue weighted by molar-refractivity contribution is 7.15. The molecule has 1 aliphatic rings. The molecule has 2 aromatic rings. The zero-order valence-electron chi connectivity index (χ0n) is 11.8. The first-order valence-corrected chi connectivity index (χ1v) is 8.13. The average molecular weight is 305 g/mol. The summed E-state index contributed by atoms with van der Waals surface area (Å²) < 4.78 is 2.09. The van der Waals surface area contributed by atoms with Crippen LogP contribution in [0.4, 0.5) is 5.13 Å². The molecule has 0 atom stereocenters. The van der Waals surface area contributed by atoms with Crippen molar-refractivity contribution in [1.82, 2.24) is 9.55 Å². The predicted octanol–water partition coefficient (Wildman–Crippen LogP) is 2.85. The highest BCUT2D eigenvalue weighted by atomic mass is 32.1. The maximum absolute atomic E-state index is 12.4. The van der Waals surface area contributed by atoms with Crippen LogP contribution in [0.2, 0.25) is 0 Å². The van der Waals surface area contributed by atoms with Gasteiger partial charge in [-0.05, 0) is 25.0 Å². The molecule has 3 rings (SSSR count). The number of thiazole rings is 1. The van der Waals surface area contributed by atoms with Gasteiger partial charge in [-0.25, -0.2) is 4.98 Å². The van der Waals surface area contributed by atoms with E-state index in [9.17, 15) is 4.79 Å². The number of aliphatic hydroxyl groups excluding tert-OH is 1. The number of aromatic nitrogens is 2. The number of hydrogen-bond donors (Lipinski definition) is 2. The Bertz CT molecular complexity index is 614. The van der Waals surface area contributed by atoms with Crippen LogP contribution in [0.1, 0.15) is 47.1 Å². The van der Waals surface area contributed by atoms with E-state index >= 15 is 0 Å². The Balaban J connectivity index is 1.71. The molecule has 2 heterocycles. The first-order chi connectivity index (χ1) is 10.3. The summed E-state index contributed by atoms with van der Waals surface area (Å²) in [5.41, 5.74) is 0.695. The average Bonchev–Trinajstić information content (AvgIpc) is 3.20. The third kappa shape index (κ3) is 3.16. The van der Waals surface area contributed by atoms with Gasteiger partial charge >= 0.3 is 0 Å². The fourth-order valence-corrected chi connectivity index (χ4v) is 3.64. The molecule has 0 aliphatic heterocycles. The molecule has 5 nitrogen and oxygen atoms in total. The van der Waals surface area contributed by atoms with Crippen molar-refractivity contribution < 1.29 is 9.90 Å². The lowest BCUT2D eigenvalue weighted by Crippen LogP contribution is -2.18. The van der Waals surface area contributed by atoms with Gasteiger partial charge in [0.1, 0.15) is 5.69 Å². The zero-order valence-corrected chi connectivity index (χ0v) is 12.6. The monoisotopic (exact) mass is 305 g/mol. The highest BCUT2D eigenvalue weighted by Gasteiger charge is 2.21. The molecule has 0 saturated heterocycles. The summed E-state index contributed by atoms with van der Waals surface area (Å²) in [6.45, 7) is 0.0973. The van der Waals surface area contributed by atoms with Gasteiger partial charge in [-0.15, -0.1) is 11.3 Å². The molecule has 1 aliphatic carbocycles. The van der Waals surface area contributed by atoms with E-state index in [1.54, 1.807) is 6.20 Å². The van der Waals surface area contributed by atoms with Gasteiger partial charge in [0.2, 0.25) is 0 Å². The first kappa shape index (κ1) is 14.3. The van der Waals surface area contributed by atoms with Gasteiger partial charge in [-0.3, -0.25) is 10.1 Å². The van der Waals surface area contributed by atoms with Crippen molar-refractivity contribution in [3.05, 3.63) is 35.1 Å². The van der Waals surface area contributed by atoms with Crippen LogP contribution in [0, 0.1) is 0 Å². The first-order valence-electron chi connectivity index (χ1n) is 7.31. The van der Waals surface area contributed by atoms with Crippen LogP contribution in [0.5, 0.6) is 0 Å². The van der Waals surface area contributed by atoms with Gasteiger partial charge in [0.25, 0.3) is 5.91 Å². The Hall–Kier alpha value is -1.66. The second-order valence-electron chi connectivity index (χ2n) is 5.30. The van der Waals surface area contributed by atoms with Gasteiger partial charge in [-0.2, -0.15) is 0 Å². The lowest BCUT2D eigenvalue weighted by Gasteiger charge is -2.15. The number of nitrogens with one attached hydrogen (secondary N) is 1. The number of hydrogen-bond acceptors (Lipinski definition) is 4. The second-order valence-corrected chi connectivity index (χ2v) is 6.41. The molecule has 6 heteroatoms. The topological polar surface area (TPSA) is 67.2 Å². The molecule has 0 bridgehead atoms. The van der Waals surface area contributed by atoms with Crippen LogP contribution in [0.25, 0.3) is 0 Å². The maximum atomic E-state index is 12.4. The summed E-state index contributed by atoms with van der Waals surface area (Å²) in [6.07, 6.45) is 9.03. The predicted molar refractivity (Wildman–Crippen MR) is 82.8 cm³/mol. The summed E-state index contributed by atoms with van der Waals surface area (Å²) in [5, 5.41) is 12.3. The molecule has 0 spiro atoms. The van der Waals surface area contributed by atoms with Crippen molar-refractivity contribution in [3.8, 4) is 0 Å². The molecule has 1 saturated carbocycles. The van der Waals surface area contributed by atoms with Crippen LogP contribution >= 0.6 is 11.3 Å². The number of carbonyl (C=O) groups excluding carboxylic acids is 1. The van der Waals surface area contributed by atoms with E-state index in [0.29, 0.717) is 23.3 Å². The summed E-state index contributed by atoms with van der Waals surface area (Å²) >= 11 is 1.41. The normalized spacial score (nSPS) is 15.5. The Morgan fingerprint density at radius 3 is 3.05 bits per heavy atom. The molecule has 2 N–H and O–H groups in total. The molecule has 21 heavy (non-hydrogen) atoms. The van der Waals surface area contributed by atoms with Gasteiger partial charge in [0.05, 0.1) is 0 Å². The van der Waals surface area contributed by atoms with Gasteiger partial charge in [0.15, 0.2) is 5.13 Å². The third-order valence-corrected chi connectivity index (χ3v) is 4.83. The Kier molecular flexibility index (Phi) is 4.36. The SMILES string of the molecule is O=C(Nc1ncc(CCO)s1)c1cccn1C1CCCC1. The lowest BCUT2D eigenvalue weighted by atomic mass is 10.2. The fourth-order valence-electron chi connectivity index (χ4n) is 2.84. The molecule has 0 radical (unpaired) electrons. The number of nitrogens with zero attached hydrogens (tertiary/aromatic N) is 2. The molecule has 1 amide bonds. The fraction of sp³-hybridized carbons (Fsp3) is 0.467. The number of anilines is 1. The zero-order chi connectivity index (χ0) is 14.7. The van der Waals surface area contributed by atoms with Crippen LogP contribution in [-0.4, -0.2) is 27.2 Å². The van der Waals surface area contributed by atoms with E-state index in [1.165, 1.54) is 24.2 Å². The van der Waals surface area contributed by atoms with E-state index < -0.39 is 0 Å². The number of rotatable bonds is 5. The third-order valence-electron chi connectivity index (χ3n) is 3.86. The molecule has 2 aromatic heterocycles. The second kappa shape index (κ2) is 6.41. The molecule has 1 fully saturated rings. The smallest absolute Gasteiger partial charge is 0.274 e. The van der Waals surface area contributed by atoms with Crippen molar-refractivity contribution >= 4 is 22.4 Å². The molecular weight excluding hydrogens is 286 g/mol. The maximum Gasteiger partial charge on any atom is 0.274 e. The minimum Gasteiger partial charge on any atom is -0.396 e. The largest absolute Gasteiger partial charge is 0.396 e. The summed E-state index contributed by atoms with van der Waals surface area (Å²) in [5.74, 6) is -0.114. The van der Waals surface area contributed by atoms with E-state index in [0.717, 1.165) is 17.7 Å². The summed E-state index contributed by atoms with van der Waals surface area (Å²) in [6, 6.07) is 4.23. The Morgan fingerprint density at radius 1 is 1.48 bits per heavy atom. The van der Waals surface area contributed by atoms with Gasteiger partial charge in [-0.1, -0.05) is 12.8 Å². The molecular formula is C15H19N3O2S.